The lowest BCUT2D eigenvalue weighted by Crippen LogP contribution is -2.30. The molecule has 0 unspecified atom stereocenters. The SMILES string of the molecule is Clc1cc(SC[C@H]2CCCNC2)ncn1. The molecule has 0 radical (unpaired) electrons. The van der Waals surface area contributed by atoms with Crippen LogP contribution in [-0.2, 0) is 0 Å². The van der Waals surface area contributed by atoms with E-state index < -0.39 is 0 Å². The molecular formula is C10H14ClN3S. The third-order valence-corrected chi connectivity index (χ3v) is 3.84. The first-order valence-corrected chi connectivity index (χ1v) is 6.52. The molecule has 1 saturated heterocycles. The lowest BCUT2D eigenvalue weighted by atomic mass is 10.0. The minimum absolute atomic E-state index is 0.522. The molecule has 2 heterocycles. The Morgan fingerprint density at radius 1 is 1.53 bits per heavy atom. The molecular weight excluding hydrogens is 230 g/mol. The van der Waals surface area contributed by atoms with E-state index in [9.17, 15) is 0 Å². The van der Waals surface area contributed by atoms with Crippen molar-refractivity contribution >= 4 is 23.4 Å². The maximum absolute atomic E-state index is 5.79. The Labute approximate surface area is 99.0 Å². The van der Waals surface area contributed by atoms with E-state index in [1.165, 1.54) is 25.7 Å². The Morgan fingerprint density at radius 2 is 2.47 bits per heavy atom. The molecule has 15 heavy (non-hydrogen) atoms. The largest absolute Gasteiger partial charge is 0.316 e. The average Bonchev–Trinajstić information content (AvgIpc) is 2.28. The van der Waals surface area contributed by atoms with Gasteiger partial charge >= 0.3 is 0 Å². The molecule has 0 spiro atoms. The predicted octanol–water partition coefficient (Wildman–Crippen LogP) is 2.22. The Bertz CT molecular complexity index is 315. The van der Waals surface area contributed by atoms with Gasteiger partial charge in [0.2, 0.25) is 0 Å². The maximum atomic E-state index is 5.79. The van der Waals surface area contributed by atoms with Gasteiger partial charge in [0.25, 0.3) is 0 Å². The molecule has 1 aliphatic rings. The molecule has 0 amide bonds. The van der Waals surface area contributed by atoms with Crippen LogP contribution in [0.5, 0.6) is 0 Å². The number of nitrogens with zero attached hydrogens (tertiary/aromatic N) is 2. The summed E-state index contributed by atoms with van der Waals surface area (Å²) in [7, 11) is 0. The second-order valence-electron chi connectivity index (χ2n) is 3.70. The molecule has 1 aromatic heterocycles. The van der Waals surface area contributed by atoms with Gasteiger partial charge in [-0.3, -0.25) is 0 Å². The van der Waals surface area contributed by atoms with Crippen molar-refractivity contribution in [3.05, 3.63) is 17.5 Å². The monoisotopic (exact) mass is 243 g/mol. The summed E-state index contributed by atoms with van der Waals surface area (Å²) in [4.78, 5) is 8.03. The first-order valence-electron chi connectivity index (χ1n) is 5.15. The molecule has 5 heteroatoms. The van der Waals surface area contributed by atoms with Gasteiger partial charge in [-0.05, 0) is 31.8 Å². The molecule has 2 rings (SSSR count). The topological polar surface area (TPSA) is 37.8 Å². The van der Waals surface area contributed by atoms with Gasteiger partial charge in [0.05, 0.1) is 0 Å². The van der Waals surface area contributed by atoms with Crippen LogP contribution in [0.4, 0.5) is 0 Å². The van der Waals surface area contributed by atoms with Crippen molar-refractivity contribution in [1.29, 1.82) is 0 Å². The van der Waals surface area contributed by atoms with Gasteiger partial charge in [-0.2, -0.15) is 0 Å². The number of aromatic nitrogens is 2. The van der Waals surface area contributed by atoms with Crippen molar-refractivity contribution in [2.75, 3.05) is 18.8 Å². The molecule has 1 N–H and O–H groups in total. The van der Waals surface area contributed by atoms with Gasteiger partial charge in [0.1, 0.15) is 16.5 Å². The van der Waals surface area contributed by atoms with Gasteiger partial charge in [-0.25, -0.2) is 9.97 Å². The van der Waals surface area contributed by atoms with E-state index in [1.807, 2.05) is 6.07 Å². The van der Waals surface area contributed by atoms with Crippen molar-refractivity contribution in [1.82, 2.24) is 15.3 Å². The minimum atomic E-state index is 0.522. The number of thioether (sulfide) groups is 1. The average molecular weight is 244 g/mol. The van der Waals surface area contributed by atoms with E-state index in [4.69, 9.17) is 11.6 Å². The number of hydrogen-bond acceptors (Lipinski definition) is 4. The van der Waals surface area contributed by atoms with Gasteiger partial charge in [-0.1, -0.05) is 11.6 Å². The van der Waals surface area contributed by atoms with Crippen LogP contribution >= 0.6 is 23.4 Å². The predicted molar refractivity (Wildman–Crippen MR) is 63.4 cm³/mol. The number of halogens is 1. The lowest BCUT2D eigenvalue weighted by molar-refractivity contribution is 0.410. The fourth-order valence-corrected chi connectivity index (χ4v) is 2.89. The lowest BCUT2D eigenvalue weighted by Gasteiger charge is -2.21. The minimum Gasteiger partial charge on any atom is -0.316 e. The molecule has 1 aromatic rings. The Balaban J connectivity index is 1.81. The molecule has 0 saturated carbocycles. The van der Waals surface area contributed by atoms with Crippen LogP contribution in [0.25, 0.3) is 0 Å². The third kappa shape index (κ3) is 3.63. The highest BCUT2D eigenvalue weighted by atomic mass is 35.5. The van der Waals surface area contributed by atoms with Crippen LogP contribution in [0.3, 0.4) is 0 Å². The first kappa shape index (κ1) is 11.2. The molecule has 0 aliphatic carbocycles. The van der Waals surface area contributed by atoms with Crippen LogP contribution < -0.4 is 5.32 Å². The summed E-state index contributed by atoms with van der Waals surface area (Å²) in [6.07, 6.45) is 4.12. The van der Waals surface area contributed by atoms with E-state index in [0.717, 1.165) is 23.2 Å². The Hall–Kier alpha value is -0.320. The summed E-state index contributed by atoms with van der Waals surface area (Å²) >= 11 is 7.56. The summed E-state index contributed by atoms with van der Waals surface area (Å²) in [6.45, 7) is 2.30. The van der Waals surface area contributed by atoms with Crippen LogP contribution in [-0.4, -0.2) is 28.8 Å². The maximum Gasteiger partial charge on any atom is 0.133 e. The standard InChI is InChI=1S/C10H14ClN3S/c11-9-4-10(14-7-13-9)15-6-8-2-1-3-12-5-8/h4,7-8,12H,1-3,5-6H2/t8-/m0/s1. The van der Waals surface area contributed by atoms with Crippen LogP contribution in [0.1, 0.15) is 12.8 Å². The number of hydrogen-bond donors (Lipinski definition) is 1. The fourth-order valence-electron chi connectivity index (χ4n) is 1.67. The van der Waals surface area contributed by atoms with Gasteiger partial charge in [0, 0.05) is 11.8 Å². The highest BCUT2D eigenvalue weighted by Crippen LogP contribution is 2.23. The molecule has 0 aromatic carbocycles. The van der Waals surface area contributed by atoms with Crippen molar-refractivity contribution in [2.45, 2.75) is 17.9 Å². The quantitative estimate of drug-likeness (QED) is 0.653. The van der Waals surface area contributed by atoms with Crippen molar-refractivity contribution in [3.63, 3.8) is 0 Å². The van der Waals surface area contributed by atoms with Crippen molar-refractivity contribution in [3.8, 4) is 0 Å². The summed E-state index contributed by atoms with van der Waals surface area (Å²) in [6, 6.07) is 1.82. The number of nitrogens with one attached hydrogen (secondary N) is 1. The van der Waals surface area contributed by atoms with Gasteiger partial charge < -0.3 is 5.32 Å². The normalized spacial score (nSPS) is 21.5. The highest BCUT2D eigenvalue weighted by Gasteiger charge is 2.13. The summed E-state index contributed by atoms with van der Waals surface area (Å²) in [5.74, 6) is 1.87. The molecule has 3 nitrogen and oxygen atoms in total. The highest BCUT2D eigenvalue weighted by molar-refractivity contribution is 7.99. The zero-order valence-corrected chi connectivity index (χ0v) is 10.0. The zero-order chi connectivity index (χ0) is 10.5. The molecule has 82 valence electrons. The molecule has 1 fully saturated rings. The molecule has 1 aliphatic heterocycles. The summed E-state index contributed by atoms with van der Waals surface area (Å²) in [5.41, 5.74) is 0. The van der Waals surface area contributed by atoms with Gasteiger partial charge in [-0.15, -0.1) is 11.8 Å². The van der Waals surface area contributed by atoms with E-state index in [0.29, 0.717) is 5.15 Å². The van der Waals surface area contributed by atoms with E-state index in [2.05, 4.69) is 15.3 Å². The Kier molecular flexibility index (Phi) is 4.23. The van der Waals surface area contributed by atoms with Crippen molar-refractivity contribution < 1.29 is 0 Å². The number of rotatable bonds is 3. The van der Waals surface area contributed by atoms with Crippen LogP contribution in [0, 0.1) is 5.92 Å². The second kappa shape index (κ2) is 5.68. The second-order valence-corrected chi connectivity index (χ2v) is 5.13. The van der Waals surface area contributed by atoms with Crippen LogP contribution in [0.15, 0.2) is 17.4 Å². The molecule has 0 bridgehead atoms. The van der Waals surface area contributed by atoms with E-state index in [-0.39, 0.29) is 0 Å². The van der Waals surface area contributed by atoms with Crippen molar-refractivity contribution in [2.24, 2.45) is 5.92 Å². The summed E-state index contributed by atoms with van der Waals surface area (Å²) < 4.78 is 0. The fraction of sp³-hybridized carbons (Fsp3) is 0.600. The molecule has 1 atom stereocenters. The van der Waals surface area contributed by atoms with E-state index >= 15 is 0 Å². The zero-order valence-electron chi connectivity index (χ0n) is 8.45. The number of piperidine rings is 1. The first-order chi connectivity index (χ1) is 7.34. The van der Waals surface area contributed by atoms with E-state index in [1.54, 1.807) is 11.8 Å². The Morgan fingerprint density at radius 3 is 3.20 bits per heavy atom. The smallest absolute Gasteiger partial charge is 0.133 e. The van der Waals surface area contributed by atoms with Crippen LogP contribution in [0.2, 0.25) is 5.15 Å². The summed E-state index contributed by atoms with van der Waals surface area (Å²) in [5, 5.41) is 4.91. The third-order valence-electron chi connectivity index (χ3n) is 2.47. The van der Waals surface area contributed by atoms with Gasteiger partial charge in [0.15, 0.2) is 0 Å².